The third kappa shape index (κ3) is 1.78. The van der Waals surface area contributed by atoms with Crippen LogP contribution in [0.3, 0.4) is 0 Å². The first-order valence-corrected chi connectivity index (χ1v) is 4.90. The molecule has 1 aliphatic rings. The van der Waals surface area contributed by atoms with Crippen molar-refractivity contribution in [2.75, 3.05) is 19.6 Å². The van der Waals surface area contributed by atoms with Crippen molar-refractivity contribution in [3.05, 3.63) is 0 Å². The van der Waals surface area contributed by atoms with Crippen LogP contribution in [-0.2, 0) is 0 Å². The van der Waals surface area contributed by atoms with E-state index in [0.717, 1.165) is 32.5 Å². The minimum absolute atomic E-state index is 0.0199. The highest BCUT2D eigenvalue weighted by molar-refractivity contribution is 5.06. The molecule has 0 N–H and O–H groups in total. The van der Waals surface area contributed by atoms with Crippen LogP contribution >= 0.6 is 0 Å². The van der Waals surface area contributed by atoms with E-state index in [1.54, 1.807) is 0 Å². The fourth-order valence-electron chi connectivity index (χ4n) is 1.78. The Morgan fingerprint density at radius 2 is 1.92 bits per heavy atom. The molecule has 0 heterocycles. The molecule has 1 saturated carbocycles. The van der Waals surface area contributed by atoms with E-state index in [1.165, 1.54) is 6.42 Å². The van der Waals surface area contributed by atoms with Crippen LogP contribution in [0.5, 0.6) is 0 Å². The molecule has 0 saturated heterocycles. The Hall–Kier alpha value is -0.550. The zero-order valence-corrected chi connectivity index (χ0v) is 8.14. The van der Waals surface area contributed by atoms with Crippen molar-refractivity contribution in [1.29, 1.82) is 5.26 Å². The van der Waals surface area contributed by atoms with E-state index in [0.29, 0.717) is 0 Å². The summed E-state index contributed by atoms with van der Waals surface area (Å²) >= 11 is 0. The molecule has 0 atom stereocenters. The summed E-state index contributed by atoms with van der Waals surface area (Å²) < 4.78 is 0. The molecule has 0 aromatic carbocycles. The summed E-state index contributed by atoms with van der Waals surface area (Å²) in [4.78, 5) is 2.35. The zero-order valence-electron chi connectivity index (χ0n) is 8.14. The maximum atomic E-state index is 9.00. The largest absolute Gasteiger partial charge is 0.302 e. The van der Waals surface area contributed by atoms with Gasteiger partial charge < -0.3 is 4.90 Å². The van der Waals surface area contributed by atoms with Gasteiger partial charge in [-0.05, 0) is 25.9 Å². The predicted octanol–water partition coefficient (Wildman–Crippen LogP) is 2.02. The molecule has 1 aliphatic carbocycles. The Balaban J connectivity index is 2.42. The number of rotatable bonds is 4. The van der Waals surface area contributed by atoms with Crippen LogP contribution in [0.2, 0.25) is 0 Å². The highest BCUT2D eigenvalue weighted by Gasteiger charge is 2.38. The van der Waals surface area contributed by atoms with Gasteiger partial charge in [0.1, 0.15) is 0 Å². The molecule has 0 amide bonds. The predicted molar refractivity (Wildman–Crippen MR) is 49.7 cm³/mol. The lowest BCUT2D eigenvalue weighted by molar-refractivity contribution is 0.128. The van der Waals surface area contributed by atoms with Crippen LogP contribution in [0.1, 0.15) is 33.1 Å². The monoisotopic (exact) mass is 166 g/mol. The fraction of sp³-hybridized carbons (Fsp3) is 0.900. The van der Waals surface area contributed by atoms with Gasteiger partial charge in [0.05, 0.1) is 11.5 Å². The summed E-state index contributed by atoms with van der Waals surface area (Å²) in [5.41, 5.74) is 0.0199. The summed E-state index contributed by atoms with van der Waals surface area (Å²) in [5.74, 6) is 0. The van der Waals surface area contributed by atoms with Gasteiger partial charge in [0, 0.05) is 6.54 Å². The lowest BCUT2D eigenvalue weighted by Gasteiger charge is -2.38. The molecule has 1 rings (SSSR count). The molecule has 0 aromatic heterocycles. The van der Waals surface area contributed by atoms with E-state index in [9.17, 15) is 0 Å². The summed E-state index contributed by atoms with van der Waals surface area (Å²) in [5, 5.41) is 9.00. The lowest BCUT2D eigenvalue weighted by atomic mass is 9.69. The smallest absolute Gasteiger partial charge is 0.0703 e. The highest BCUT2D eigenvalue weighted by Crippen LogP contribution is 2.40. The first-order chi connectivity index (χ1) is 5.76. The first kappa shape index (κ1) is 9.54. The minimum Gasteiger partial charge on any atom is -0.302 e. The van der Waals surface area contributed by atoms with Crippen molar-refractivity contribution in [1.82, 2.24) is 4.90 Å². The quantitative estimate of drug-likeness (QED) is 0.639. The molecule has 0 bridgehead atoms. The van der Waals surface area contributed by atoms with Gasteiger partial charge in [0.25, 0.3) is 0 Å². The highest BCUT2D eigenvalue weighted by atomic mass is 15.1. The van der Waals surface area contributed by atoms with Crippen molar-refractivity contribution in [3.8, 4) is 6.07 Å². The van der Waals surface area contributed by atoms with Crippen LogP contribution in [0.4, 0.5) is 0 Å². The van der Waals surface area contributed by atoms with Crippen LogP contribution in [0.15, 0.2) is 0 Å². The lowest BCUT2D eigenvalue weighted by Crippen LogP contribution is -2.41. The molecule has 0 spiro atoms. The standard InChI is InChI=1S/C10H18N2/c1-3-12(4-2)9-10(8-11)6-5-7-10/h3-7,9H2,1-2H3. The summed E-state index contributed by atoms with van der Waals surface area (Å²) in [6.07, 6.45) is 3.47. The molecule has 0 unspecified atom stereocenters. The summed E-state index contributed by atoms with van der Waals surface area (Å²) in [6.45, 7) is 7.44. The van der Waals surface area contributed by atoms with E-state index in [-0.39, 0.29) is 5.41 Å². The maximum absolute atomic E-state index is 9.00. The molecule has 1 fully saturated rings. The third-order valence-corrected chi connectivity index (χ3v) is 2.97. The number of hydrogen-bond donors (Lipinski definition) is 0. The third-order valence-electron chi connectivity index (χ3n) is 2.97. The Bertz CT molecular complexity index is 173. The Morgan fingerprint density at radius 1 is 1.33 bits per heavy atom. The number of nitriles is 1. The van der Waals surface area contributed by atoms with Gasteiger partial charge in [-0.15, -0.1) is 0 Å². The molecule has 68 valence electrons. The van der Waals surface area contributed by atoms with Crippen LogP contribution < -0.4 is 0 Å². The Morgan fingerprint density at radius 3 is 2.17 bits per heavy atom. The number of hydrogen-bond acceptors (Lipinski definition) is 2. The van der Waals surface area contributed by atoms with E-state index in [4.69, 9.17) is 5.26 Å². The first-order valence-electron chi connectivity index (χ1n) is 4.90. The molecular formula is C10H18N2. The molecule has 2 nitrogen and oxygen atoms in total. The van der Waals surface area contributed by atoms with Crippen molar-refractivity contribution >= 4 is 0 Å². The number of nitrogens with zero attached hydrogens (tertiary/aromatic N) is 2. The van der Waals surface area contributed by atoms with Crippen LogP contribution in [-0.4, -0.2) is 24.5 Å². The summed E-state index contributed by atoms with van der Waals surface area (Å²) in [6, 6.07) is 2.47. The van der Waals surface area contributed by atoms with E-state index in [2.05, 4.69) is 24.8 Å². The second-order valence-electron chi connectivity index (χ2n) is 3.71. The Kier molecular flexibility index (Phi) is 3.11. The van der Waals surface area contributed by atoms with Crippen LogP contribution in [0, 0.1) is 16.7 Å². The van der Waals surface area contributed by atoms with Gasteiger partial charge in [-0.2, -0.15) is 5.26 Å². The SMILES string of the molecule is CCN(CC)CC1(C#N)CCC1. The van der Waals surface area contributed by atoms with Crippen molar-refractivity contribution in [2.24, 2.45) is 5.41 Å². The molecule has 0 aromatic rings. The van der Waals surface area contributed by atoms with E-state index in [1.807, 2.05) is 0 Å². The molecule has 2 heteroatoms. The second kappa shape index (κ2) is 3.91. The minimum atomic E-state index is 0.0199. The zero-order chi connectivity index (χ0) is 9.03. The van der Waals surface area contributed by atoms with Gasteiger partial charge in [0.15, 0.2) is 0 Å². The Labute approximate surface area is 75.2 Å². The van der Waals surface area contributed by atoms with Crippen molar-refractivity contribution < 1.29 is 0 Å². The normalized spacial score (nSPS) is 20.2. The molecule has 12 heavy (non-hydrogen) atoms. The fourth-order valence-corrected chi connectivity index (χ4v) is 1.78. The topological polar surface area (TPSA) is 27.0 Å². The van der Waals surface area contributed by atoms with Gasteiger partial charge in [-0.3, -0.25) is 0 Å². The summed E-state index contributed by atoms with van der Waals surface area (Å²) in [7, 11) is 0. The van der Waals surface area contributed by atoms with Gasteiger partial charge in [0.2, 0.25) is 0 Å². The van der Waals surface area contributed by atoms with Gasteiger partial charge >= 0.3 is 0 Å². The molecule has 0 radical (unpaired) electrons. The van der Waals surface area contributed by atoms with E-state index >= 15 is 0 Å². The maximum Gasteiger partial charge on any atom is 0.0703 e. The second-order valence-corrected chi connectivity index (χ2v) is 3.71. The molecule has 0 aliphatic heterocycles. The van der Waals surface area contributed by atoms with Gasteiger partial charge in [-0.1, -0.05) is 20.3 Å². The van der Waals surface area contributed by atoms with E-state index < -0.39 is 0 Å². The average molecular weight is 166 g/mol. The average Bonchev–Trinajstić information content (AvgIpc) is 2.05. The van der Waals surface area contributed by atoms with Crippen LogP contribution in [0.25, 0.3) is 0 Å². The van der Waals surface area contributed by atoms with Crippen molar-refractivity contribution in [2.45, 2.75) is 33.1 Å². The molecular weight excluding hydrogens is 148 g/mol. The van der Waals surface area contributed by atoms with Gasteiger partial charge in [-0.25, -0.2) is 0 Å². The van der Waals surface area contributed by atoms with Crippen molar-refractivity contribution in [3.63, 3.8) is 0 Å².